The number of allylic oxidation sites excluding steroid dienone is 1. The van der Waals surface area contributed by atoms with Gasteiger partial charge in [0.05, 0.1) is 17.6 Å². The Kier molecular flexibility index (Phi) is 4.51. The lowest BCUT2D eigenvalue weighted by Crippen LogP contribution is -2.71. The summed E-state index contributed by atoms with van der Waals surface area (Å²) in [5.41, 5.74) is -1.16. The van der Waals surface area contributed by atoms with Crippen molar-refractivity contribution < 1.29 is 19.7 Å². The number of hydrogen-bond donors (Lipinski definition) is 2. The predicted molar refractivity (Wildman–Crippen MR) is 132 cm³/mol. The Morgan fingerprint density at radius 3 is 2.35 bits per heavy atom. The van der Waals surface area contributed by atoms with Gasteiger partial charge in [-0.1, -0.05) is 54.5 Å². The number of esters is 1. The zero-order valence-corrected chi connectivity index (χ0v) is 22.4. The molecular weight excluding hydrogens is 424 g/mol. The lowest BCUT2D eigenvalue weighted by atomic mass is 9.32. The third-order valence-electron chi connectivity index (χ3n) is 13.8. The highest BCUT2D eigenvalue weighted by Crippen LogP contribution is 2.79. The number of ether oxygens (including phenoxy) is 1. The Morgan fingerprint density at radius 2 is 1.65 bits per heavy atom. The van der Waals surface area contributed by atoms with Gasteiger partial charge in [0.15, 0.2) is 0 Å². The second-order valence-electron chi connectivity index (χ2n) is 14.9. The molecule has 4 nitrogen and oxygen atoms in total. The molecular formula is C30H46O4. The van der Waals surface area contributed by atoms with Crippen molar-refractivity contribution in [1.82, 2.24) is 0 Å². The van der Waals surface area contributed by atoms with E-state index in [-0.39, 0.29) is 51.5 Å². The van der Waals surface area contributed by atoms with Crippen LogP contribution >= 0.6 is 0 Å². The van der Waals surface area contributed by atoms with E-state index in [1.54, 1.807) is 0 Å². The fraction of sp³-hybridized carbons (Fsp3) is 0.900. The Bertz CT molecular complexity index is 955. The average molecular weight is 471 g/mol. The lowest BCUT2D eigenvalue weighted by Gasteiger charge is -2.72. The van der Waals surface area contributed by atoms with E-state index in [9.17, 15) is 15.0 Å². The maximum absolute atomic E-state index is 13.7. The fourth-order valence-electron chi connectivity index (χ4n) is 11.5. The summed E-state index contributed by atoms with van der Waals surface area (Å²) < 4.78 is 6.65. The van der Waals surface area contributed by atoms with Crippen LogP contribution < -0.4 is 0 Å². The quantitative estimate of drug-likeness (QED) is 0.362. The summed E-state index contributed by atoms with van der Waals surface area (Å²) >= 11 is 0. The SMILES string of the molecule is C[C@H]1[C@H](C)[C@@H](O)C[C@@]23CC[C@]4(C)[C@@](C=C[C@@H]5[C@@]6(C)CC[C@H](O)C(C)(C)[C@@H]6CC[C@]54C)(OC2=O)[C@H]13. The number of hydrogen-bond acceptors (Lipinski definition) is 4. The van der Waals surface area contributed by atoms with Crippen LogP contribution in [-0.4, -0.2) is 34.0 Å². The van der Waals surface area contributed by atoms with Crippen LogP contribution in [0.1, 0.15) is 93.4 Å². The molecule has 34 heavy (non-hydrogen) atoms. The van der Waals surface area contributed by atoms with Crippen LogP contribution in [0.4, 0.5) is 0 Å². The minimum atomic E-state index is -0.575. The monoisotopic (exact) mass is 470 g/mol. The third-order valence-corrected chi connectivity index (χ3v) is 13.8. The van der Waals surface area contributed by atoms with Crippen molar-refractivity contribution in [3.05, 3.63) is 12.2 Å². The first-order valence-electron chi connectivity index (χ1n) is 14.0. The molecule has 0 aromatic heterocycles. The van der Waals surface area contributed by atoms with E-state index in [2.05, 4.69) is 60.6 Å². The smallest absolute Gasteiger partial charge is 0.313 e. The topological polar surface area (TPSA) is 66.8 Å². The van der Waals surface area contributed by atoms with E-state index in [1.165, 1.54) is 0 Å². The first kappa shape index (κ1) is 23.5. The molecule has 1 aliphatic heterocycles. The highest BCUT2D eigenvalue weighted by atomic mass is 16.6. The Labute approximate surface area is 205 Å². The number of aliphatic hydroxyl groups is 2. The number of aliphatic hydroxyl groups excluding tert-OH is 2. The molecule has 0 unspecified atom stereocenters. The molecule has 1 spiro atoms. The number of carbonyl (C=O) groups excluding carboxylic acids is 1. The minimum absolute atomic E-state index is 0.0289. The molecule has 4 saturated carbocycles. The van der Waals surface area contributed by atoms with E-state index >= 15 is 0 Å². The maximum Gasteiger partial charge on any atom is 0.313 e. The molecule has 0 radical (unpaired) electrons. The summed E-state index contributed by atoms with van der Waals surface area (Å²) in [7, 11) is 0. The molecule has 0 aromatic rings. The molecule has 5 fully saturated rings. The summed E-state index contributed by atoms with van der Waals surface area (Å²) in [5.74, 6) is 1.38. The van der Waals surface area contributed by atoms with Crippen LogP contribution in [0.3, 0.4) is 0 Å². The third kappa shape index (κ3) is 2.25. The maximum atomic E-state index is 13.7. The number of carbonyl (C=O) groups is 1. The van der Waals surface area contributed by atoms with Crippen LogP contribution in [0.25, 0.3) is 0 Å². The van der Waals surface area contributed by atoms with E-state index in [4.69, 9.17) is 4.74 Å². The van der Waals surface area contributed by atoms with Gasteiger partial charge >= 0.3 is 5.97 Å². The Balaban J connectivity index is 1.51. The Hall–Kier alpha value is -0.870. The molecule has 6 rings (SSSR count). The molecule has 1 saturated heterocycles. The van der Waals surface area contributed by atoms with Gasteiger partial charge in [-0.15, -0.1) is 0 Å². The van der Waals surface area contributed by atoms with Gasteiger partial charge in [0, 0.05) is 11.3 Å². The predicted octanol–water partition coefficient (Wildman–Crippen LogP) is 5.51. The van der Waals surface area contributed by atoms with Crippen molar-refractivity contribution in [3.8, 4) is 0 Å². The normalized spacial score (nSPS) is 61.6. The fourth-order valence-corrected chi connectivity index (χ4v) is 11.5. The standard InChI is InChI=1S/C30H46O4/c1-17-18(2)23-29(16-19(17)31)15-14-28(7)27(6)12-8-20-25(3,4)22(32)10-11-26(20,5)21(27)9-13-30(23,28)34-24(29)33/h9,13,17-23,31-32H,8,10-12,14-16H2,1-7H3/t17-,18-,19-,20-,21+,22-,23+,26-,27+,28-,29+,30-/m0/s1. The van der Waals surface area contributed by atoms with Crippen LogP contribution in [0, 0.1) is 56.7 Å². The molecule has 2 bridgehead atoms. The van der Waals surface area contributed by atoms with Gasteiger partial charge < -0.3 is 14.9 Å². The van der Waals surface area contributed by atoms with Crippen molar-refractivity contribution in [1.29, 1.82) is 0 Å². The second kappa shape index (κ2) is 6.52. The molecule has 0 aromatic carbocycles. The summed E-state index contributed by atoms with van der Waals surface area (Å²) in [5, 5.41) is 21.8. The van der Waals surface area contributed by atoms with Gasteiger partial charge in [0.1, 0.15) is 5.60 Å². The van der Waals surface area contributed by atoms with E-state index in [0.29, 0.717) is 18.3 Å². The average Bonchev–Trinajstić information content (AvgIpc) is 2.95. The van der Waals surface area contributed by atoms with Crippen LogP contribution in [0.15, 0.2) is 12.2 Å². The molecule has 0 amide bonds. The molecule has 6 aliphatic rings. The summed E-state index contributed by atoms with van der Waals surface area (Å²) in [6, 6.07) is 0. The first-order chi connectivity index (χ1) is 15.7. The van der Waals surface area contributed by atoms with E-state index in [1.807, 2.05) is 0 Å². The summed E-state index contributed by atoms with van der Waals surface area (Å²) in [6.07, 6.45) is 10.7. The van der Waals surface area contributed by atoms with Gasteiger partial charge in [-0.25, -0.2) is 0 Å². The van der Waals surface area contributed by atoms with Crippen LogP contribution in [-0.2, 0) is 9.53 Å². The van der Waals surface area contributed by atoms with Crippen molar-refractivity contribution in [2.45, 2.75) is 111 Å². The Morgan fingerprint density at radius 1 is 0.941 bits per heavy atom. The molecule has 190 valence electrons. The second-order valence-corrected chi connectivity index (χ2v) is 14.9. The summed E-state index contributed by atoms with van der Waals surface area (Å²) in [4.78, 5) is 13.7. The number of fused-ring (bicyclic) bond motifs is 4. The van der Waals surface area contributed by atoms with Gasteiger partial charge in [0.2, 0.25) is 0 Å². The molecule has 2 N–H and O–H groups in total. The van der Waals surface area contributed by atoms with Gasteiger partial charge in [0.25, 0.3) is 0 Å². The lowest BCUT2D eigenvalue weighted by molar-refractivity contribution is -0.248. The molecule has 12 atom stereocenters. The van der Waals surface area contributed by atoms with Crippen LogP contribution in [0.5, 0.6) is 0 Å². The van der Waals surface area contributed by atoms with Crippen LogP contribution in [0.2, 0.25) is 0 Å². The van der Waals surface area contributed by atoms with E-state index < -0.39 is 17.1 Å². The van der Waals surface area contributed by atoms with Gasteiger partial charge in [-0.3, -0.25) is 4.79 Å². The van der Waals surface area contributed by atoms with Crippen molar-refractivity contribution in [3.63, 3.8) is 0 Å². The van der Waals surface area contributed by atoms with Crippen molar-refractivity contribution in [2.24, 2.45) is 56.7 Å². The van der Waals surface area contributed by atoms with Crippen molar-refractivity contribution in [2.75, 3.05) is 0 Å². The molecule has 1 heterocycles. The highest BCUT2D eigenvalue weighted by Gasteiger charge is 2.81. The minimum Gasteiger partial charge on any atom is -0.453 e. The molecule has 5 aliphatic carbocycles. The number of rotatable bonds is 0. The van der Waals surface area contributed by atoms with Crippen molar-refractivity contribution >= 4 is 5.97 Å². The molecule has 4 heteroatoms. The zero-order valence-electron chi connectivity index (χ0n) is 22.4. The van der Waals surface area contributed by atoms with Gasteiger partial charge in [-0.05, 0) is 90.9 Å². The highest BCUT2D eigenvalue weighted by molar-refractivity contribution is 5.82. The van der Waals surface area contributed by atoms with Gasteiger partial charge in [-0.2, -0.15) is 0 Å². The first-order valence-corrected chi connectivity index (χ1v) is 14.0. The summed E-state index contributed by atoms with van der Waals surface area (Å²) in [6.45, 7) is 16.4. The van der Waals surface area contributed by atoms with E-state index in [0.717, 1.165) is 38.5 Å². The largest absolute Gasteiger partial charge is 0.453 e. The zero-order chi connectivity index (χ0) is 24.7.